The molecule has 3 aromatic rings. The number of aromatic hydroxyl groups is 2. The van der Waals surface area contributed by atoms with Gasteiger partial charge < -0.3 is 14.8 Å². The van der Waals surface area contributed by atoms with Crippen molar-refractivity contribution in [2.75, 3.05) is 0 Å². The second-order valence-corrected chi connectivity index (χ2v) is 4.77. The molecule has 19 heavy (non-hydrogen) atoms. The summed E-state index contributed by atoms with van der Waals surface area (Å²) in [5.41, 5.74) is 2.13. The second kappa shape index (κ2) is 4.17. The molecule has 1 heterocycles. The first kappa shape index (κ1) is 11.9. The smallest absolute Gasteiger partial charge is 0.144 e. The van der Waals surface area contributed by atoms with E-state index in [0.717, 1.165) is 11.0 Å². The van der Waals surface area contributed by atoms with Crippen LogP contribution in [0.5, 0.6) is 11.5 Å². The third-order valence-corrected chi connectivity index (χ3v) is 3.30. The van der Waals surface area contributed by atoms with Gasteiger partial charge in [0.05, 0.1) is 16.6 Å². The van der Waals surface area contributed by atoms with Crippen LogP contribution >= 0.6 is 11.6 Å². The highest BCUT2D eigenvalue weighted by Gasteiger charge is 2.14. The molecule has 2 N–H and O–H groups in total. The Morgan fingerprint density at radius 1 is 1.11 bits per heavy atom. The molecule has 0 aliphatic rings. The van der Waals surface area contributed by atoms with E-state index >= 15 is 0 Å². The zero-order valence-electron chi connectivity index (χ0n) is 10.1. The molecule has 0 unspecified atom stereocenters. The minimum absolute atomic E-state index is 0.0716. The topological polar surface area (TPSA) is 58.3 Å². The van der Waals surface area contributed by atoms with Crippen LogP contribution in [0.3, 0.4) is 0 Å². The van der Waals surface area contributed by atoms with E-state index in [1.807, 2.05) is 23.7 Å². The van der Waals surface area contributed by atoms with Gasteiger partial charge in [-0.3, -0.25) is 0 Å². The molecule has 0 saturated heterocycles. The van der Waals surface area contributed by atoms with Crippen molar-refractivity contribution < 1.29 is 10.2 Å². The highest BCUT2D eigenvalue weighted by Crippen LogP contribution is 2.33. The largest absolute Gasteiger partial charge is 0.508 e. The summed E-state index contributed by atoms with van der Waals surface area (Å²) in [6.45, 7) is 0. The molecule has 0 fully saturated rings. The van der Waals surface area contributed by atoms with Crippen molar-refractivity contribution >= 4 is 22.6 Å². The van der Waals surface area contributed by atoms with E-state index in [2.05, 4.69) is 4.98 Å². The van der Waals surface area contributed by atoms with Crippen LogP contribution in [0.15, 0.2) is 36.4 Å². The Bertz CT molecular complexity index is 780. The molecule has 3 rings (SSSR count). The number of phenolic OH excluding ortho intramolecular Hbond substituents is 2. The van der Waals surface area contributed by atoms with Crippen molar-refractivity contribution in [1.82, 2.24) is 9.55 Å². The Labute approximate surface area is 114 Å². The van der Waals surface area contributed by atoms with Gasteiger partial charge in [0.25, 0.3) is 0 Å². The molecule has 0 bridgehead atoms. The normalized spacial score (nSPS) is 11.1. The van der Waals surface area contributed by atoms with Gasteiger partial charge in [-0.2, -0.15) is 0 Å². The van der Waals surface area contributed by atoms with E-state index in [-0.39, 0.29) is 11.5 Å². The molecular formula is C14H11ClN2O2. The number of fused-ring (bicyclic) bond motifs is 1. The minimum Gasteiger partial charge on any atom is -0.508 e. The first-order valence-electron chi connectivity index (χ1n) is 5.70. The zero-order chi connectivity index (χ0) is 13.6. The predicted molar refractivity (Wildman–Crippen MR) is 74.5 cm³/mol. The van der Waals surface area contributed by atoms with Gasteiger partial charge in [-0.1, -0.05) is 11.6 Å². The van der Waals surface area contributed by atoms with Crippen molar-refractivity contribution in [2.24, 2.45) is 7.05 Å². The molecule has 0 aliphatic carbocycles. The molecule has 0 aliphatic heterocycles. The van der Waals surface area contributed by atoms with Gasteiger partial charge in [0.15, 0.2) is 0 Å². The maximum absolute atomic E-state index is 9.90. The fraction of sp³-hybridized carbons (Fsp3) is 0.0714. The average Bonchev–Trinajstić information content (AvgIpc) is 2.70. The van der Waals surface area contributed by atoms with E-state index in [0.29, 0.717) is 16.4 Å². The zero-order valence-corrected chi connectivity index (χ0v) is 10.9. The summed E-state index contributed by atoms with van der Waals surface area (Å²) in [6, 6.07) is 9.75. The maximum Gasteiger partial charge on any atom is 0.144 e. The molecule has 4 nitrogen and oxygen atoms in total. The van der Waals surface area contributed by atoms with Crippen LogP contribution in [0.1, 0.15) is 0 Å². The summed E-state index contributed by atoms with van der Waals surface area (Å²) in [7, 11) is 1.84. The number of hydrogen-bond acceptors (Lipinski definition) is 3. The van der Waals surface area contributed by atoms with Gasteiger partial charge in [0, 0.05) is 12.1 Å². The summed E-state index contributed by atoms with van der Waals surface area (Å²) in [4.78, 5) is 4.46. The van der Waals surface area contributed by atoms with Crippen molar-refractivity contribution in [2.45, 2.75) is 0 Å². The van der Waals surface area contributed by atoms with E-state index in [1.165, 1.54) is 18.2 Å². The van der Waals surface area contributed by atoms with Crippen molar-refractivity contribution in [3.8, 4) is 22.9 Å². The van der Waals surface area contributed by atoms with E-state index in [9.17, 15) is 10.2 Å². The van der Waals surface area contributed by atoms with Crippen molar-refractivity contribution in [1.29, 1.82) is 0 Å². The number of halogens is 1. The van der Waals surface area contributed by atoms with Crippen LogP contribution < -0.4 is 0 Å². The van der Waals surface area contributed by atoms with Crippen molar-refractivity contribution in [3.63, 3.8) is 0 Å². The number of nitrogens with zero attached hydrogens (tertiary/aromatic N) is 2. The first-order valence-corrected chi connectivity index (χ1v) is 6.08. The van der Waals surface area contributed by atoms with Crippen LogP contribution in [0.4, 0.5) is 0 Å². The average molecular weight is 275 g/mol. The quantitative estimate of drug-likeness (QED) is 0.669. The van der Waals surface area contributed by atoms with E-state index in [1.54, 1.807) is 6.07 Å². The second-order valence-electron chi connectivity index (χ2n) is 4.33. The monoisotopic (exact) mass is 274 g/mol. The van der Waals surface area contributed by atoms with E-state index < -0.39 is 0 Å². The lowest BCUT2D eigenvalue weighted by Crippen LogP contribution is -1.92. The van der Waals surface area contributed by atoms with Crippen LogP contribution in [0.25, 0.3) is 22.4 Å². The molecule has 2 aromatic carbocycles. The fourth-order valence-electron chi connectivity index (χ4n) is 2.11. The maximum atomic E-state index is 9.90. The Kier molecular flexibility index (Phi) is 2.61. The third kappa shape index (κ3) is 1.90. The SMILES string of the molecule is Cn1c(-c2cc(O)ccc2O)nc2ccc(Cl)cc21. The standard InChI is InChI=1S/C14H11ClN2O2/c1-17-12-6-8(15)2-4-11(12)16-14(17)10-7-9(18)3-5-13(10)19/h2-7,18-19H,1H3. The van der Waals surface area contributed by atoms with Gasteiger partial charge in [0.1, 0.15) is 17.3 Å². The van der Waals surface area contributed by atoms with Crippen LogP contribution in [0.2, 0.25) is 5.02 Å². The molecule has 1 aromatic heterocycles. The summed E-state index contributed by atoms with van der Waals surface area (Å²) in [5, 5.41) is 20.1. The number of aromatic nitrogens is 2. The van der Waals surface area contributed by atoms with Gasteiger partial charge in [0.2, 0.25) is 0 Å². The van der Waals surface area contributed by atoms with Gasteiger partial charge in [-0.15, -0.1) is 0 Å². The van der Waals surface area contributed by atoms with E-state index in [4.69, 9.17) is 11.6 Å². The lowest BCUT2D eigenvalue weighted by atomic mass is 10.2. The summed E-state index contributed by atoms with van der Waals surface area (Å²) in [6.07, 6.45) is 0. The molecule has 96 valence electrons. The van der Waals surface area contributed by atoms with Crippen LogP contribution in [0, 0.1) is 0 Å². The number of imidazole rings is 1. The van der Waals surface area contributed by atoms with Crippen LogP contribution in [-0.2, 0) is 7.05 Å². The Morgan fingerprint density at radius 3 is 2.68 bits per heavy atom. The van der Waals surface area contributed by atoms with Crippen molar-refractivity contribution in [3.05, 3.63) is 41.4 Å². The Hall–Kier alpha value is -2.20. The molecule has 0 saturated carbocycles. The minimum atomic E-state index is 0.0716. The molecule has 5 heteroatoms. The lowest BCUT2D eigenvalue weighted by molar-refractivity contribution is 0.461. The fourth-order valence-corrected chi connectivity index (χ4v) is 2.27. The molecule has 0 atom stereocenters. The highest BCUT2D eigenvalue weighted by atomic mass is 35.5. The summed E-state index contributed by atoms with van der Waals surface area (Å²) in [5.74, 6) is 0.728. The van der Waals surface area contributed by atoms with Gasteiger partial charge in [-0.25, -0.2) is 4.98 Å². The number of hydrogen-bond donors (Lipinski definition) is 2. The number of benzene rings is 2. The van der Waals surface area contributed by atoms with Gasteiger partial charge in [-0.05, 0) is 36.4 Å². The van der Waals surface area contributed by atoms with Crippen LogP contribution in [-0.4, -0.2) is 19.8 Å². The lowest BCUT2D eigenvalue weighted by Gasteiger charge is -2.05. The number of phenols is 2. The summed E-state index contributed by atoms with van der Waals surface area (Å²) >= 11 is 5.97. The predicted octanol–water partition coefficient (Wildman–Crippen LogP) is 3.30. The molecule has 0 amide bonds. The molecular weight excluding hydrogens is 264 g/mol. The number of aryl methyl sites for hydroxylation is 1. The Morgan fingerprint density at radius 2 is 1.89 bits per heavy atom. The highest BCUT2D eigenvalue weighted by molar-refractivity contribution is 6.31. The first-order chi connectivity index (χ1) is 9.06. The molecule has 0 spiro atoms. The molecule has 0 radical (unpaired) electrons. The van der Waals surface area contributed by atoms with Gasteiger partial charge >= 0.3 is 0 Å². The summed E-state index contributed by atoms with van der Waals surface area (Å²) < 4.78 is 1.83. The Balaban J connectivity index is 2.31. The number of rotatable bonds is 1. The third-order valence-electron chi connectivity index (χ3n) is 3.06.